The minimum absolute atomic E-state index is 0.302. The van der Waals surface area contributed by atoms with Gasteiger partial charge in [0.25, 0.3) is 0 Å². The second kappa shape index (κ2) is 9.17. The highest BCUT2D eigenvalue weighted by Gasteiger charge is 2.27. The molecular formula is C24H32FN9. The van der Waals surface area contributed by atoms with E-state index in [1.807, 2.05) is 28.9 Å². The Morgan fingerprint density at radius 3 is 2.62 bits per heavy atom. The Kier molecular flexibility index (Phi) is 6.07. The van der Waals surface area contributed by atoms with Crippen molar-refractivity contribution in [2.75, 3.05) is 47.8 Å². The molecule has 0 atom stereocenters. The number of fused-ring (bicyclic) bond motifs is 1. The Morgan fingerprint density at radius 1 is 1.09 bits per heavy atom. The van der Waals surface area contributed by atoms with Crippen LogP contribution in [0.25, 0.3) is 0 Å². The molecule has 0 radical (unpaired) electrons. The van der Waals surface area contributed by atoms with Crippen LogP contribution in [0.2, 0.25) is 0 Å². The summed E-state index contributed by atoms with van der Waals surface area (Å²) in [5, 5.41) is 11.2. The second-order valence-corrected chi connectivity index (χ2v) is 9.34. The lowest BCUT2D eigenvalue weighted by Gasteiger charge is -2.30. The topological polar surface area (TPSA) is 87.0 Å². The van der Waals surface area contributed by atoms with Crippen molar-refractivity contribution < 1.29 is 4.39 Å². The molecule has 9 nitrogen and oxygen atoms in total. The average Bonchev–Trinajstić information content (AvgIpc) is 3.16. The summed E-state index contributed by atoms with van der Waals surface area (Å²) in [6.07, 6.45) is 3.88. The Balaban J connectivity index is 1.36. The summed E-state index contributed by atoms with van der Waals surface area (Å²) in [6.45, 7) is 11.5. The zero-order chi connectivity index (χ0) is 23.8. The maximum absolute atomic E-state index is 14.8. The zero-order valence-corrected chi connectivity index (χ0v) is 20.3. The predicted octanol–water partition coefficient (Wildman–Crippen LogP) is 2.89. The Morgan fingerprint density at radius 2 is 1.88 bits per heavy atom. The van der Waals surface area contributed by atoms with Crippen LogP contribution in [0.4, 0.5) is 27.7 Å². The van der Waals surface area contributed by atoms with Crippen LogP contribution < -0.4 is 20.4 Å². The molecule has 1 saturated heterocycles. The third kappa shape index (κ3) is 4.29. The molecule has 0 unspecified atom stereocenters. The Hall–Kier alpha value is -3.27. The quantitative estimate of drug-likeness (QED) is 0.595. The number of nitrogens with zero attached hydrogens (tertiary/aromatic N) is 7. The van der Waals surface area contributed by atoms with Gasteiger partial charge < -0.3 is 20.4 Å². The van der Waals surface area contributed by atoms with Crippen molar-refractivity contribution in [2.24, 2.45) is 7.05 Å². The van der Waals surface area contributed by atoms with E-state index < -0.39 is 5.82 Å². The molecule has 180 valence electrons. The van der Waals surface area contributed by atoms with E-state index >= 15 is 0 Å². The highest BCUT2D eigenvalue weighted by atomic mass is 19.1. The first-order chi connectivity index (χ1) is 16.4. The smallest absolute Gasteiger partial charge is 0.230 e. The Bertz CT molecular complexity index is 1180. The van der Waals surface area contributed by atoms with Gasteiger partial charge in [-0.25, -0.2) is 14.4 Å². The van der Waals surface area contributed by atoms with E-state index in [-0.39, 0.29) is 0 Å². The summed E-state index contributed by atoms with van der Waals surface area (Å²) >= 11 is 0. The fraction of sp³-hybridized carbons (Fsp3) is 0.500. The van der Waals surface area contributed by atoms with E-state index in [1.54, 1.807) is 0 Å². The van der Waals surface area contributed by atoms with Crippen LogP contribution in [0.5, 0.6) is 0 Å². The average molecular weight is 466 g/mol. The molecule has 1 fully saturated rings. The number of aryl methyl sites for hydroxylation is 2. The van der Waals surface area contributed by atoms with Gasteiger partial charge in [-0.05, 0) is 24.5 Å². The lowest BCUT2D eigenvalue weighted by Crippen LogP contribution is -2.43. The van der Waals surface area contributed by atoms with Gasteiger partial charge in [-0.2, -0.15) is 10.1 Å². The van der Waals surface area contributed by atoms with E-state index in [0.29, 0.717) is 36.6 Å². The SMILES string of the molecule is Cc1cc(Nc2ncc(F)c(N3CCc4nn(C)c(C(C)C)c4C3)n2)ncc1N1CCNCC1. The largest absolute Gasteiger partial charge is 0.368 e. The summed E-state index contributed by atoms with van der Waals surface area (Å²) in [6, 6.07) is 1.99. The minimum Gasteiger partial charge on any atom is -0.368 e. The maximum atomic E-state index is 14.8. The summed E-state index contributed by atoms with van der Waals surface area (Å²) in [5.74, 6) is 1.19. The number of hydrogen-bond donors (Lipinski definition) is 2. The van der Waals surface area contributed by atoms with E-state index in [1.165, 1.54) is 17.5 Å². The predicted molar refractivity (Wildman–Crippen MR) is 131 cm³/mol. The lowest BCUT2D eigenvalue weighted by atomic mass is 9.99. The van der Waals surface area contributed by atoms with E-state index in [9.17, 15) is 4.39 Å². The first-order valence-corrected chi connectivity index (χ1v) is 11.9. The first kappa shape index (κ1) is 22.5. The summed E-state index contributed by atoms with van der Waals surface area (Å²) in [7, 11) is 1.98. The molecule has 2 aliphatic heterocycles. The van der Waals surface area contributed by atoms with Crippen LogP contribution in [0.3, 0.4) is 0 Å². The van der Waals surface area contributed by atoms with Gasteiger partial charge in [0.2, 0.25) is 5.95 Å². The molecular weight excluding hydrogens is 433 g/mol. The maximum Gasteiger partial charge on any atom is 0.230 e. The van der Waals surface area contributed by atoms with Crippen molar-refractivity contribution in [2.45, 2.75) is 39.7 Å². The number of nitrogens with one attached hydrogen (secondary N) is 2. The van der Waals surface area contributed by atoms with Crippen molar-refractivity contribution in [3.05, 3.63) is 46.8 Å². The number of piperazine rings is 1. The van der Waals surface area contributed by atoms with Crippen LogP contribution in [0.15, 0.2) is 18.5 Å². The molecule has 3 aromatic heterocycles. The molecule has 34 heavy (non-hydrogen) atoms. The van der Waals surface area contributed by atoms with Crippen molar-refractivity contribution in [3.63, 3.8) is 0 Å². The molecule has 0 bridgehead atoms. The van der Waals surface area contributed by atoms with E-state index in [4.69, 9.17) is 0 Å². The highest BCUT2D eigenvalue weighted by Crippen LogP contribution is 2.31. The van der Waals surface area contributed by atoms with Gasteiger partial charge in [0.15, 0.2) is 11.6 Å². The monoisotopic (exact) mass is 465 g/mol. The molecule has 0 spiro atoms. The number of rotatable bonds is 5. The second-order valence-electron chi connectivity index (χ2n) is 9.34. The fourth-order valence-corrected chi connectivity index (χ4v) is 5.03. The fourth-order valence-electron chi connectivity index (χ4n) is 5.03. The standard InChI is InChI=1S/C24H32FN9/c1-15(2)22-17-14-34(8-5-19(17)31-32(22)4)23-18(25)12-28-24(30-23)29-21-11-16(3)20(13-27-21)33-9-6-26-7-10-33/h11-13,15,26H,5-10,14H2,1-4H3,(H,27,28,29,30). The van der Waals surface area contributed by atoms with Gasteiger partial charge in [0, 0.05) is 64.0 Å². The summed E-state index contributed by atoms with van der Waals surface area (Å²) in [4.78, 5) is 17.6. The molecule has 5 heterocycles. The third-order valence-corrected chi connectivity index (χ3v) is 6.60. The van der Waals surface area contributed by atoms with E-state index in [0.717, 1.165) is 49.5 Å². The number of aromatic nitrogens is 5. The number of halogens is 1. The van der Waals surface area contributed by atoms with Gasteiger partial charge in [-0.1, -0.05) is 13.8 Å². The van der Waals surface area contributed by atoms with Gasteiger partial charge in [0.05, 0.1) is 23.8 Å². The molecule has 2 N–H and O–H groups in total. The summed E-state index contributed by atoms with van der Waals surface area (Å²) in [5.41, 5.74) is 5.73. The zero-order valence-electron chi connectivity index (χ0n) is 20.3. The van der Waals surface area contributed by atoms with Crippen molar-refractivity contribution in [1.82, 2.24) is 30.0 Å². The lowest BCUT2D eigenvalue weighted by molar-refractivity contribution is 0.588. The van der Waals surface area contributed by atoms with Gasteiger partial charge in [-0.15, -0.1) is 0 Å². The van der Waals surface area contributed by atoms with Crippen LogP contribution in [0, 0.1) is 12.7 Å². The first-order valence-electron chi connectivity index (χ1n) is 11.9. The van der Waals surface area contributed by atoms with E-state index in [2.05, 4.69) is 56.4 Å². The van der Waals surface area contributed by atoms with Crippen LogP contribution >= 0.6 is 0 Å². The molecule has 0 aromatic carbocycles. The molecule has 2 aliphatic rings. The molecule has 0 amide bonds. The molecule has 10 heteroatoms. The van der Waals surface area contributed by atoms with Gasteiger partial charge in [-0.3, -0.25) is 4.68 Å². The van der Waals surface area contributed by atoms with Gasteiger partial charge >= 0.3 is 0 Å². The van der Waals surface area contributed by atoms with Crippen molar-refractivity contribution in [1.29, 1.82) is 0 Å². The Labute approximate surface area is 199 Å². The summed E-state index contributed by atoms with van der Waals surface area (Å²) < 4.78 is 16.8. The van der Waals surface area contributed by atoms with Crippen LogP contribution in [-0.4, -0.2) is 57.5 Å². The third-order valence-electron chi connectivity index (χ3n) is 6.60. The molecule has 3 aromatic rings. The highest BCUT2D eigenvalue weighted by molar-refractivity contribution is 5.60. The molecule has 5 rings (SSSR count). The molecule has 0 aliphatic carbocycles. The van der Waals surface area contributed by atoms with Crippen LogP contribution in [0.1, 0.15) is 42.3 Å². The van der Waals surface area contributed by atoms with Crippen LogP contribution in [-0.2, 0) is 20.0 Å². The minimum atomic E-state index is -0.429. The number of pyridine rings is 1. The molecule has 0 saturated carbocycles. The van der Waals surface area contributed by atoms with Gasteiger partial charge in [0.1, 0.15) is 5.82 Å². The number of hydrogen-bond acceptors (Lipinski definition) is 8. The van der Waals surface area contributed by atoms with Crippen molar-refractivity contribution in [3.8, 4) is 0 Å². The van der Waals surface area contributed by atoms with Crippen molar-refractivity contribution >= 4 is 23.3 Å². The normalized spacial score (nSPS) is 16.2. The number of anilines is 4.